The Bertz CT molecular complexity index is 1140. The lowest BCUT2D eigenvalue weighted by atomic mass is 9.91. The van der Waals surface area contributed by atoms with E-state index in [2.05, 4.69) is 10.8 Å². The van der Waals surface area contributed by atoms with Crippen molar-refractivity contribution in [1.82, 2.24) is 0 Å². The number of halogens is 2. The molecule has 7 heteroatoms. The van der Waals surface area contributed by atoms with Crippen molar-refractivity contribution < 1.29 is 8.42 Å². The first-order valence-electron chi connectivity index (χ1n) is 8.35. The Balaban J connectivity index is 1.97. The van der Waals surface area contributed by atoms with Gasteiger partial charge in [-0.2, -0.15) is 5.26 Å². The number of hydrogen-bond donors (Lipinski definition) is 1. The molecule has 0 saturated carbocycles. The molecule has 0 unspecified atom stereocenters. The van der Waals surface area contributed by atoms with Gasteiger partial charge >= 0.3 is 0 Å². The Hall–Kier alpha value is -2.52. The van der Waals surface area contributed by atoms with Crippen molar-refractivity contribution in [3.8, 4) is 6.07 Å². The second-order valence-electron chi connectivity index (χ2n) is 6.22. The van der Waals surface area contributed by atoms with E-state index < -0.39 is 15.9 Å². The van der Waals surface area contributed by atoms with Crippen LogP contribution in [0.2, 0.25) is 10.0 Å². The predicted molar refractivity (Wildman–Crippen MR) is 112 cm³/mol. The number of nitrogens with one attached hydrogen (secondary N) is 1. The molecule has 0 bridgehead atoms. The van der Waals surface area contributed by atoms with Crippen molar-refractivity contribution in [3.63, 3.8) is 0 Å². The molecule has 3 aromatic carbocycles. The van der Waals surface area contributed by atoms with E-state index in [1.54, 1.807) is 55.5 Å². The molecular weight excluding hydrogens is 415 g/mol. The molecule has 0 heterocycles. The van der Waals surface area contributed by atoms with Gasteiger partial charge in [0.1, 0.15) is 0 Å². The van der Waals surface area contributed by atoms with Crippen molar-refractivity contribution in [3.05, 3.63) is 93.5 Å². The SMILES string of the molecule is Cc1cc([C@H](C#N)c2ccc(Cl)cc2)c(Cl)cc1NS(=O)(=O)c1ccccc1. The zero-order chi connectivity index (χ0) is 20.3. The molecule has 0 saturated heterocycles. The average molecular weight is 431 g/mol. The number of nitriles is 1. The molecule has 0 aliphatic carbocycles. The first kappa shape index (κ1) is 20.2. The highest BCUT2D eigenvalue weighted by molar-refractivity contribution is 7.92. The Labute approximate surface area is 174 Å². The number of anilines is 1. The molecule has 142 valence electrons. The van der Waals surface area contributed by atoms with Crippen LogP contribution in [0, 0.1) is 18.3 Å². The summed E-state index contributed by atoms with van der Waals surface area (Å²) in [5.74, 6) is -0.594. The highest BCUT2D eigenvalue weighted by atomic mass is 35.5. The Morgan fingerprint density at radius 2 is 1.64 bits per heavy atom. The van der Waals surface area contributed by atoms with Crippen molar-refractivity contribution in [2.75, 3.05) is 4.72 Å². The molecule has 0 aliphatic rings. The van der Waals surface area contributed by atoms with Crippen molar-refractivity contribution in [2.45, 2.75) is 17.7 Å². The van der Waals surface area contributed by atoms with Gasteiger partial charge in [-0.05, 0) is 53.9 Å². The van der Waals surface area contributed by atoms with Crippen molar-refractivity contribution in [2.24, 2.45) is 0 Å². The van der Waals surface area contributed by atoms with E-state index in [-0.39, 0.29) is 4.90 Å². The fraction of sp³-hybridized carbons (Fsp3) is 0.0952. The van der Waals surface area contributed by atoms with Crippen LogP contribution in [-0.2, 0) is 10.0 Å². The van der Waals surface area contributed by atoms with Crippen LogP contribution < -0.4 is 4.72 Å². The Morgan fingerprint density at radius 3 is 2.25 bits per heavy atom. The summed E-state index contributed by atoms with van der Waals surface area (Å²) in [6, 6.07) is 20.6. The molecule has 0 spiro atoms. The summed E-state index contributed by atoms with van der Waals surface area (Å²) in [6.45, 7) is 1.76. The number of nitrogens with zero attached hydrogens (tertiary/aromatic N) is 1. The minimum Gasteiger partial charge on any atom is -0.279 e. The molecule has 4 nitrogen and oxygen atoms in total. The second kappa shape index (κ2) is 8.24. The number of hydrogen-bond acceptors (Lipinski definition) is 3. The standard InChI is InChI=1S/C21H16Cl2N2O2S/c1-14-11-18(19(13-24)15-7-9-16(22)10-8-15)20(23)12-21(14)25-28(26,27)17-5-3-2-4-6-17/h2-12,19,25H,1H3/t19-/m1/s1. The molecule has 3 aromatic rings. The van der Waals surface area contributed by atoms with Crippen molar-refractivity contribution in [1.29, 1.82) is 5.26 Å². The third-order valence-electron chi connectivity index (χ3n) is 4.28. The lowest BCUT2D eigenvalue weighted by molar-refractivity contribution is 0.601. The van der Waals surface area contributed by atoms with E-state index in [0.717, 1.165) is 5.56 Å². The van der Waals surface area contributed by atoms with E-state index in [0.29, 0.717) is 26.9 Å². The maximum Gasteiger partial charge on any atom is 0.261 e. The van der Waals surface area contributed by atoms with Gasteiger partial charge in [0, 0.05) is 10.0 Å². The Kier molecular flexibility index (Phi) is 5.95. The first-order chi connectivity index (χ1) is 13.3. The minimum atomic E-state index is -3.74. The van der Waals surface area contributed by atoms with E-state index in [4.69, 9.17) is 23.2 Å². The van der Waals surface area contributed by atoms with Gasteiger partial charge in [0.25, 0.3) is 10.0 Å². The molecule has 0 aromatic heterocycles. The van der Waals surface area contributed by atoms with Crippen LogP contribution >= 0.6 is 23.2 Å². The van der Waals surface area contributed by atoms with Crippen LogP contribution in [-0.4, -0.2) is 8.42 Å². The summed E-state index contributed by atoms with van der Waals surface area (Å²) in [5, 5.41) is 10.5. The van der Waals surface area contributed by atoms with Crippen LogP contribution in [0.25, 0.3) is 0 Å². The number of sulfonamides is 1. The highest BCUT2D eigenvalue weighted by Crippen LogP contribution is 2.35. The summed E-state index contributed by atoms with van der Waals surface area (Å²) >= 11 is 12.3. The molecule has 0 radical (unpaired) electrons. The van der Waals surface area contributed by atoms with Gasteiger partial charge in [-0.25, -0.2) is 8.42 Å². The molecule has 1 atom stereocenters. The van der Waals surface area contributed by atoms with Gasteiger partial charge in [-0.3, -0.25) is 4.72 Å². The van der Waals surface area contributed by atoms with Crippen molar-refractivity contribution >= 4 is 38.9 Å². The van der Waals surface area contributed by atoms with Gasteiger partial charge < -0.3 is 0 Å². The van der Waals surface area contributed by atoms with Gasteiger partial charge in [0.15, 0.2) is 0 Å². The monoisotopic (exact) mass is 430 g/mol. The average Bonchev–Trinajstić information content (AvgIpc) is 2.68. The third kappa shape index (κ3) is 4.31. The van der Waals surface area contributed by atoms with Crippen LogP contribution in [0.5, 0.6) is 0 Å². The second-order valence-corrected chi connectivity index (χ2v) is 8.75. The van der Waals surface area contributed by atoms with Gasteiger partial charge in [-0.15, -0.1) is 0 Å². The summed E-state index contributed by atoms with van der Waals surface area (Å²) in [7, 11) is -3.74. The van der Waals surface area contributed by atoms with Gasteiger partial charge in [0.2, 0.25) is 0 Å². The van der Waals surface area contributed by atoms with E-state index >= 15 is 0 Å². The predicted octanol–water partition coefficient (Wildman–Crippen LogP) is 5.76. The van der Waals surface area contributed by atoms with Crippen LogP contribution in [0.3, 0.4) is 0 Å². The molecule has 3 rings (SSSR count). The minimum absolute atomic E-state index is 0.158. The zero-order valence-corrected chi connectivity index (χ0v) is 17.2. The summed E-state index contributed by atoms with van der Waals surface area (Å²) in [5.41, 5.74) is 2.39. The topological polar surface area (TPSA) is 70.0 Å². The van der Waals surface area contributed by atoms with Gasteiger partial charge in [-0.1, -0.05) is 59.6 Å². The molecule has 1 N–H and O–H groups in total. The quantitative estimate of drug-likeness (QED) is 0.559. The molecule has 0 fully saturated rings. The van der Waals surface area contributed by atoms with E-state index in [1.807, 2.05) is 0 Å². The third-order valence-corrected chi connectivity index (χ3v) is 6.25. The molecular formula is C21H16Cl2N2O2S. The number of benzene rings is 3. The maximum absolute atomic E-state index is 12.6. The summed E-state index contributed by atoms with van der Waals surface area (Å²) < 4.78 is 27.7. The van der Waals surface area contributed by atoms with Crippen LogP contribution in [0.1, 0.15) is 22.6 Å². The number of aryl methyl sites for hydroxylation is 1. The summed E-state index contributed by atoms with van der Waals surface area (Å²) in [6.07, 6.45) is 0. The maximum atomic E-state index is 12.6. The van der Waals surface area contributed by atoms with Crippen LogP contribution in [0.4, 0.5) is 5.69 Å². The van der Waals surface area contributed by atoms with Gasteiger partial charge in [0.05, 0.1) is 22.6 Å². The number of rotatable bonds is 5. The molecule has 0 amide bonds. The largest absolute Gasteiger partial charge is 0.279 e. The van der Waals surface area contributed by atoms with E-state index in [9.17, 15) is 13.7 Å². The van der Waals surface area contributed by atoms with Crippen LogP contribution in [0.15, 0.2) is 71.6 Å². The highest BCUT2D eigenvalue weighted by Gasteiger charge is 2.20. The lowest BCUT2D eigenvalue weighted by Crippen LogP contribution is -2.14. The fourth-order valence-corrected chi connectivity index (χ4v) is 4.36. The molecule has 0 aliphatic heterocycles. The van der Waals surface area contributed by atoms with E-state index in [1.165, 1.54) is 18.2 Å². The first-order valence-corrected chi connectivity index (χ1v) is 10.6. The smallest absolute Gasteiger partial charge is 0.261 e. The molecule has 28 heavy (non-hydrogen) atoms. The zero-order valence-electron chi connectivity index (χ0n) is 14.9. The lowest BCUT2D eigenvalue weighted by Gasteiger charge is -2.16. The fourth-order valence-electron chi connectivity index (χ4n) is 2.82. The Morgan fingerprint density at radius 1 is 1.00 bits per heavy atom. The summed E-state index contributed by atoms with van der Waals surface area (Å²) in [4.78, 5) is 0.158. The normalized spacial score (nSPS) is 12.2.